The second-order valence-corrected chi connectivity index (χ2v) is 11.7. The molecule has 0 saturated heterocycles. The van der Waals surface area contributed by atoms with Gasteiger partial charge in [-0.15, -0.1) is 0 Å². The molecule has 0 aromatic heterocycles. The van der Waals surface area contributed by atoms with Crippen molar-refractivity contribution < 1.29 is 19.1 Å². The highest BCUT2D eigenvalue weighted by Crippen LogP contribution is 2.67. The standard InChI is InChI=1S/C29H38O4/c1-18-16-21-17-22(32-19(2)30)12-14-28(21,3)24-13-15-29(4)23(26(18)24)10-11-25(29)33-27(31)20-8-6-5-7-9-20/h5-9,21-26H,1,10-17H2,2-4H3. The number of ether oxygens (including phenoxy) is 2. The van der Waals surface area contributed by atoms with Gasteiger partial charge < -0.3 is 9.47 Å². The second-order valence-electron chi connectivity index (χ2n) is 11.7. The molecule has 0 aliphatic heterocycles. The van der Waals surface area contributed by atoms with E-state index >= 15 is 0 Å². The molecule has 4 aliphatic carbocycles. The normalized spacial score (nSPS) is 42.0. The molecule has 5 rings (SSSR count). The highest BCUT2D eigenvalue weighted by molar-refractivity contribution is 5.89. The van der Waals surface area contributed by atoms with Gasteiger partial charge in [0.2, 0.25) is 0 Å². The molecule has 178 valence electrons. The second kappa shape index (κ2) is 8.29. The number of carbonyl (C=O) groups is 2. The number of fused-ring (bicyclic) bond motifs is 5. The van der Waals surface area contributed by atoms with Crippen LogP contribution in [0.4, 0.5) is 0 Å². The Morgan fingerprint density at radius 3 is 2.36 bits per heavy atom. The zero-order valence-electron chi connectivity index (χ0n) is 20.3. The van der Waals surface area contributed by atoms with Crippen molar-refractivity contribution in [1.29, 1.82) is 0 Å². The predicted molar refractivity (Wildman–Crippen MR) is 127 cm³/mol. The molecule has 0 bridgehead atoms. The van der Waals surface area contributed by atoms with Gasteiger partial charge in [0.1, 0.15) is 12.2 Å². The van der Waals surface area contributed by atoms with Gasteiger partial charge >= 0.3 is 11.9 Å². The average Bonchev–Trinajstić information content (AvgIpc) is 3.11. The summed E-state index contributed by atoms with van der Waals surface area (Å²) in [5.74, 6) is 1.86. The predicted octanol–water partition coefficient (Wildman–Crippen LogP) is 6.35. The zero-order valence-corrected chi connectivity index (χ0v) is 20.3. The number of hydrogen-bond donors (Lipinski definition) is 0. The minimum atomic E-state index is -0.192. The Balaban J connectivity index is 1.34. The summed E-state index contributed by atoms with van der Waals surface area (Å²) in [7, 11) is 0. The molecule has 8 atom stereocenters. The maximum Gasteiger partial charge on any atom is 0.338 e. The lowest BCUT2D eigenvalue weighted by Gasteiger charge is -2.61. The quantitative estimate of drug-likeness (QED) is 0.398. The fourth-order valence-corrected chi connectivity index (χ4v) is 8.35. The number of esters is 2. The third kappa shape index (κ3) is 3.74. The number of benzene rings is 1. The molecule has 4 saturated carbocycles. The number of hydrogen-bond acceptors (Lipinski definition) is 4. The summed E-state index contributed by atoms with van der Waals surface area (Å²) in [6, 6.07) is 9.38. The molecule has 4 fully saturated rings. The Hall–Kier alpha value is -2.10. The SMILES string of the molecule is C=C1CC2CC(OC(C)=O)CCC2(C)C2CCC3(C)C(OC(=O)c4ccccc4)CCC3C12. The van der Waals surface area contributed by atoms with Crippen LogP contribution in [-0.4, -0.2) is 24.1 Å². The summed E-state index contributed by atoms with van der Waals surface area (Å²) in [6.07, 6.45) is 8.48. The molecule has 8 unspecified atom stereocenters. The van der Waals surface area contributed by atoms with Crippen LogP contribution in [0.15, 0.2) is 42.5 Å². The lowest BCUT2D eigenvalue weighted by Crippen LogP contribution is -2.55. The van der Waals surface area contributed by atoms with Gasteiger partial charge in [-0.25, -0.2) is 4.79 Å². The summed E-state index contributed by atoms with van der Waals surface area (Å²) in [6.45, 7) is 11.0. The molecule has 0 N–H and O–H groups in total. The Bertz CT molecular complexity index is 938. The summed E-state index contributed by atoms with van der Waals surface area (Å²) in [4.78, 5) is 24.4. The van der Waals surface area contributed by atoms with Gasteiger partial charge in [0.15, 0.2) is 0 Å². The minimum absolute atomic E-state index is 0.0193. The van der Waals surface area contributed by atoms with Crippen LogP contribution in [-0.2, 0) is 14.3 Å². The highest BCUT2D eigenvalue weighted by atomic mass is 16.5. The molecule has 33 heavy (non-hydrogen) atoms. The first-order valence-corrected chi connectivity index (χ1v) is 12.8. The third-order valence-electron chi connectivity index (χ3n) is 10.1. The Morgan fingerprint density at radius 2 is 1.64 bits per heavy atom. The monoisotopic (exact) mass is 450 g/mol. The van der Waals surface area contributed by atoms with E-state index in [2.05, 4.69) is 20.4 Å². The smallest absolute Gasteiger partial charge is 0.338 e. The van der Waals surface area contributed by atoms with Gasteiger partial charge in [0.05, 0.1) is 5.56 Å². The molecule has 0 amide bonds. The van der Waals surface area contributed by atoms with Crippen molar-refractivity contribution in [2.75, 3.05) is 0 Å². The largest absolute Gasteiger partial charge is 0.463 e. The van der Waals surface area contributed by atoms with Gasteiger partial charge in [-0.2, -0.15) is 0 Å². The van der Waals surface area contributed by atoms with Gasteiger partial charge in [-0.1, -0.05) is 44.2 Å². The first-order valence-electron chi connectivity index (χ1n) is 12.8. The highest BCUT2D eigenvalue weighted by Gasteiger charge is 2.62. The molecule has 0 spiro atoms. The van der Waals surface area contributed by atoms with Crippen LogP contribution in [0.3, 0.4) is 0 Å². The molecular formula is C29H38O4. The zero-order chi connectivity index (χ0) is 23.4. The Morgan fingerprint density at radius 1 is 0.939 bits per heavy atom. The van der Waals surface area contributed by atoms with Crippen LogP contribution >= 0.6 is 0 Å². The summed E-state index contributed by atoms with van der Waals surface area (Å²) < 4.78 is 11.8. The first-order chi connectivity index (χ1) is 15.7. The molecule has 0 radical (unpaired) electrons. The van der Waals surface area contributed by atoms with Crippen molar-refractivity contribution in [3.8, 4) is 0 Å². The Labute approximate surface area is 198 Å². The van der Waals surface area contributed by atoms with Crippen molar-refractivity contribution in [2.24, 2.45) is 34.5 Å². The van der Waals surface area contributed by atoms with Crippen LogP contribution in [0, 0.1) is 34.5 Å². The van der Waals surface area contributed by atoms with E-state index in [0.717, 1.165) is 44.9 Å². The molecular weight excluding hydrogens is 412 g/mol. The molecule has 1 aromatic carbocycles. The maximum absolute atomic E-state index is 12.8. The van der Waals surface area contributed by atoms with E-state index in [0.29, 0.717) is 29.2 Å². The summed E-state index contributed by atoms with van der Waals surface area (Å²) in [5, 5.41) is 0. The third-order valence-corrected chi connectivity index (χ3v) is 10.1. The minimum Gasteiger partial charge on any atom is -0.463 e. The molecule has 1 aromatic rings. The molecule has 4 aliphatic rings. The number of carbonyl (C=O) groups excluding carboxylic acids is 2. The van der Waals surface area contributed by atoms with Crippen LogP contribution in [0.1, 0.15) is 82.5 Å². The lowest BCUT2D eigenvalue weighted by molar-refractivity contribution is -0.156. The number of rotatable bonds is 3. The van der Waals surface area contributed by atoms with Crippen LogP contribution in [0.2, 0.25) is 0 Å². The van der Waals surface area contributed by atoms with Crippen molar-refractivity contribution in [2.45, 2.75) is 84.3 Å². The van der Waals surface area contributed by atoms with E-state index in [1.54, 1.807) is 0 Å². The van der Waals surface area contributed by atoms with Gasteiger partial charge in [-0.3, -0.25) is 4.79 Å². The van der Waals surface area contributed by atoms with Gasteiger partial charge in [0, 0.05) is 12.3 Å². The Kier molecular flexibility index (Phi) is 5.69. The molecule has 4 nitrogen and oxygen atoms in total. The van der Waals surface area contributed by atoms with E-state index in [9.17, 15) is 9.59 Å². The maximum atomic E-state index is 12.8. The van der Waals surface area contributed by atoms with Crippen molar-refractivity contribution in [1.82, 2.24) is 0 Å². The summed E-state index contributed by atoms with van der Waals surface area (Å²) in [5.41, 5.74) is 2.33. The average molecular weight is 451 g/mol. The van der Waals surface area contributed by atoms with Crippen molar-refractivity contribution in [3.05, 3.63) is 48.0 Å². The fraction of sp³-hybridized carbons (Fsp3) is 0.655. The van der Waals surface area contributed by atoms with E-state index in [-0.39, 0.29) is 35.0 Å². The summed E-state index contributed by atoms with van der Waals surface area (Å²) >= 11 is 0. The van der Waals surface area contributed by atoms with E-state index in [4.69, 9.17) is 9.47 Å². The van der Waals surface area contributed by atoms with E-state index in [1.165, 1.54) is 18.9 Å². The van der Waals surface area contributed by atoms with Crippen LogP contribution in [0.5, 0.6) is 0 Å². The topological polar surface area (TPSA) is 52.6 Å². The number of allylic oxidation sites excluding steroid dienone is 1. The molecule has 4 heteroatoms. The van der Waals surface area contributed by atoms with Crippen LogP contribution < -0.4 is 0 Å². The molecule has 0 heterocycles. The van der Waals surface area contributed by atoms with Gasteiger partial charge in [0.25, 0.3) is 0 Å². The first kappa shape index (κ1) is 22.7. The van der Waals surface area contributed by atoms with Crippen molar-refractivity contribution >= 4 is 11.9 Å². The van der Waals surface area contributed by atoms with E-state index in [1.807, 2.05) is 30.3 Å². The van der Waals surface area contributed by atoms with Crippen molar-refractivity contribution in [3.63, 3.8) is 0 Å². The van der Waals surface area contributed by atoms with Gasteiger partial charge in [-0.05, 0) is 92.6 Å². The van der Waals surface area contributed by atoms with Crippen LogP contribution in [0.25, 0.3) is 0 Å². The lowest BCUT2D eigenvalue weighted by atomic mass is 9.44. The fourth-order valence-electron chi connectivity index (χ4n) is 8.35. The van der Waals surface area contributed by atoms with E-state index < -0.39 is 0 Å².